The lowest BCUT2D eigenvalue weighted by Crippen LogP contribution is -2.47. The number of thiocarbonyl (C=S) groups is 1. The van der Waals surface area contributed by atoms with Crippen LogP contribution in [0.1, 0.15) is 26.7 Å². The summed E-state index contributed by atoms with van der Waals surface area (Å²) in [5, 5.41) is 0. The quantitative estimate of drug-likeness (QED) is 0.657. The predicted octanol–water partition coefficient (Wildman–Crippen LogP) is 0.0226. The minimum absolute atomic E-state index is 0.0681. The molecule has 0 aliphatic heterocycles. The van der Waals surface area contributed by atoms with Gasteiger partial charge in [0.2, 0.25) is 11.8 Å². The van der Waals surface area contributed by atoms with Crippen LogP contribution < -0.4 is 11.5 Å². The maximum absolute atomic E-state index is 12.3. The lowest BCUT2D eigenvalue weighted by Gasteiger charge is -2.27. The summed E-state index contributed by atoms with van der Waals surface area (Å²) in [5.41, 5.74) is 10.0. The van der Waals surface area contributed by atoms with E-state index in [1.165, 1.54) is 4.90 Å². The smallest absolute Gasteiger partial charge is 0.237 e. The van der Waals surface area contributed by atoms with Crippen molar-refractivity contribution in [2.45, 2.75) is 26.7 Å². The van der Waals surface area contributed by atoms with Crippen LogP contribution in [-0.4, -0.2) is 34.8 Å². The topological polar surface area (TPSA) is 89.4 Å². The molecule has 1 rings (SSSR count). The van der Waals surface area contributed by atoms with Crippen LogP contribution in [0.5, 0.6) is 0 Å². The molecule has 1 fully saturated rings. The van der Waals surface area contributed by atoms with Gasteiger partial charge in [0, 0.05) is 6.54 Å². The van der Waals surface area contributed by atoms with Crippen LogP contribution in [-0.2, 0) is 9.59 Å². The van der Waals surface area contributed by atoms with E-state index in [2.05, 4.69) is 0 Å². The lowest BCUT2D eigenvalue weighted by molar-refractivity contribution is -0.138. The van der Waals surface area contributed by atoms with Crippen LogP contribution >= 0.6 is 12.2 Å². The molecule has 6 heteroatoms. The Morgan fingerprint density at radius 3 is 2.18 bits per heavy atom. The Balaban J connectivity index is 2.79. The second-order valence-corrected chi connectivity index (χ2v) is 5.43. The largest absolute Gasteiger partial charge is 0.392 e. The highest BCUT2D eigenvalue weighted by Gasteiger charge is 2.54. The molecule has 0 heterocycles. The van der Waals surface area contributed by atoms with Gasteiger partial charge in [-0.05, 0) is 18.8 Å². The second kappa shape index (κ2) is 5.00. The number of nitrogens with two attached hydrogens (primary N) is 2. The Labute approximate surface area is 107 Å². The van der Waals surface area contributed by atoms with Gasteiger partial charge in [0.25, 0.3) is 0 Å². The monoisotopic (exact) mass is 257 g/mol. The number of hydrogen-bond acceptors (Lipinski definition) is 3. The molecule has 96 valence electrons. The predicted molar refractivity (Wildman–Crippen MR) is 69.1 cm³/mol. The Kier molecular flexibility index (Phi) is 4.08. The van der Waals surface area contributed by atoms with Gasteiger partial charge < -0.3 is 16.4 Å². The highest BCUT2D eigenvalue weighted by molar-refractivity contribution is 7.80. The van der Waals surface area contributed by atoms with Gasteiger partial charge in [0.15, 0.2) is 0 Å². The average Bonchev–Trinajstić information content (AvgIpc) is 2.94. The molecule has 1 aliphatic carbocycles. The minimum atomic E-state index is -0.709. The minimum Gasteiger partial charge on any atom is -0.392 e. The van der Waals surface area contributed by atoms with Gasteiger partial charge in [-0.25, -0.2) is 0 Å². The fraction of sp³-hybridized carbons (Fsp3) is 0.727. The summed E-state index contributed by atoms with van der Waals surface area (Å²) in [4.78, 5) is 25.0. The molecule has 0 bridgehead atoms. The van der Waals surface area contributed by atoms with Crippen LogP contribution in [0.15, 0.2) is 0 Å². The summed E-state index contributed by atoms with van der Waals surface area (Å²) in [6, 6.07) is 0. The van der Waals surface area contributed by atoms with Crippen molar-refractivity contribution in [1.82, 2.24) is 4.90 Å². The van der Waals surface area contributed by atoms with Gasteiger partial charge in [-0.1, -0.05) is 26.1 Å². The van der Waals surface area contributed by atoms with Crippen LogP contribution in [0.3, 0.4) is 0 Å². The van der Waals surface area contributed by atoms with Crippen molar-refractivity contribution in [3.05, 3.63) is 0 Å². The van der Waals surface area contributed by atoms with Crippen LogP contribution in [0, 0.1) is 11.3 Å². The molecule has 0 atom stereocenters. The van der Waals surface area contributed by atoms with Crippen molar-refractivity contribution in [2.24, 2.45) is 22.8 Å². The molecule has 0 radical (unpaired) electrons. The maximum Gasteiger partial charge on any atom is 0.237 e. The average molecular weight is 257 g/mol. The number of rotatable bonds is 6. The third-order valence-corrected chi connectivity index (χ3v) is 3.24. The summed E-state index contributed by atoms with van der Waals surface area (Å²) >= 11 is 4.93. The molecule has 0 aromatic heterocycles. The molecular formula is C11H19N3O2S. The van der Waals surface area contributed by atoms with Gasteiger partial charge in [0.05, 0.1) is 16.9 Å². The number of amides is 2. The van der Waals surface area contributed by atoms with Crippen molar-refractivity contribution < 1.29 is 9.59 Å². The fourth-order valence-corrected chi connectivity index (χ4v) is 2.13. The summed E-state index contributed by atoms with van der Waals surface area (Å²) in [5.74, 6) is -0.407. The molecule has 17 heavy (non-hydrogen) atoms. The summed E-state index contributed by atoms with van der Waals surface area (Å²) < 4.78 is 0. The van der Waals surface area contributed by atoms with Crippen molar-refractivity contribution in [3.63, 3.8) is 0 Å². The van der Waals surface area contributed by atoms with E-state index in [9.17, 15) is 9.59 Å². The van der Waals surface area contributed by atoms with Crippen LogP contribution in [0.4, 0.5) is 0 Å². The molecular weight excluding hydrogens is 238 g/mol. The van der Waals surface area contributed by atoms with Crippen LogP contribution in [0.2, 0.25) is 0 Å². The molecule has 5 nitrogen and oxygen atoms in total. The zero-order valence-corrected chi connectivity index (χ0v) is 11.0. The standard InChI is InChI=1S/C11H19N3O2S/c1-7(2)5-14(6-8(12)15)10(16)11(3-4-11)9(13)17/h7H,3-6H2,1-2H3,(H2,12,15)(H2,13,17). The first-order valence-electron chi connectivity index (χ1n) is 5.67. The maximum atomic E-state index is 12.3. The summed E-state index contributed by atoms with van der Waals surface area (Å²) in [7, 11) is 0. The Morgan fingerprint density at radius 1 is 1.35 bits per heavy atom. The van der Waals surface area contributed by atoms with Crippen molar-refractivity contribution >= 4 is 29.0 Å². The Hall–Kier alpha value is -1.17. The summed E-state index contributed by atoms with van der Waals surface area (Å²) in [6.45, 7) is 4.37. The lowest BCUT2D eigenvalue weighted by atomic mass is 10.0. The van der Waals surface area contributed by atoms with E-state index in [-0.39, 0.29) is 23.4 Å². The first-order chi connectivity index (χ1) is 7.79. The highest BCUT2D eigenvalue weighted by Crippen LogP contribution is 2.47. The van der Waals surface area contributed by atoms with Crippen molar-refractivity contribution in [3.8, 4) is 0 Å². The number of carbonyl (C=O) groups excluding carboxylic acids is 2. The molecule has 0 saturated heterocycles. The van der Waals surface area contributed by atoms with Gasteiger partial charge in [-0.3, -0.25) is 9.59 Å². The zero-order valence-electron chi connectivity index (χ0n) is 10.2. The van der Waals surface area contributed by atoms with E-state index in [1.54, 1.807) is 0 Å². The van der Waals surface area contributed by atoms with E-state index in [0.29, 0.717) is 19.4 Å². The fourth-order valence-electron chi connectivity index (χ4n) is 1.84. The van der Waals surface area contributed by atoms with Gasteiger partial charge in [-0.2, -0.15) is 0 Å². The van der Waals surface area contributed by atoms with Gasteiger partial charge in [-0.15, -0.1) is 0 Å². The summed E-state index contributed by atoms with van der Waals surface area (Å²) in [6.07, 6.45) is 1.35. The SMILES string of the molecule is CC(C)CN(CC(N)=O)C(=O)C1(C(N)=S)CC1. The third-order valence-electron chi connectivity index (χ3n) is 2.85. The van der Waals surface area contributed by atoms with Gasteiger partial charge in [0.1, 0.15) is 0 Å². The van der Waals surface area contributed by atoms with E-state index in [4.69, 9.17) is 23.7 Å². The number of nitrogens with zero attached hydrogens (tertiary/aromatic N) is 1. The normalized spacial score (nSPS) is 16.6. The van der Waals surface area contributed by atoms with E-state index < -0.39 is 11.3 Å². The van der Waals surface area contributed by atoms with Crippen LogP contribution in [0.25, 0.3) is 0 Å². The highest BCUT2D eigenvalue weighted by atomic mass is 32.1. The molecule has 4 N–H and O–H groups in total. The third kappa shape index (κ3) is 3.15. The zero-order chi connectivity index (χ0) is 13.2. The van der Waals surface area contributed by atoms with Gasteiger partial charge >= 0.3 is 0 Å². The first-order valence-corrected chi connectivity index (χ1v) is 6.08. The number of primary amides is 1. The molecule has 0 unspecified atom stereocenters. The number of carbonyl (C=O) groups is 2. The first kappa shape index (κ1) is 13.9. The Morgan fingerprint density at radius 2 is 1.88 bits per heavy atom. The molecule has 2 amide bonds. The van der Waals surface area contributed by atoms with Crippen molar-refractivity contribution in [1.29, 1.82) is 0 Å². The molecule has 0 spiro atoms. The molecule has 0 aromatic rings. The molecule has 1 saturated carbocycles. The van der Waals surface area contributed by atoms with Crippen molar-refractivity contribution in [2.75, 3.05) is 13.1 Å². The number of hydrogen-bond donors (Lipinski definition) is 2. The second-order valence-electron chi connectivity index (χ2n) is 4.99. The van der Waals surface area contributed by atoms with E-state index in [0.717, 1.165) is 0 Å². The van der Waals surface area contributed by atoms with E-state index >= 15 is 0 Å². The Bertz CT molecular complexity index is 351. The molecule has 1 aliphatic rings. The van der Waals surface area contributed by atoms with E-state index in [1.807, 2.05) is 13.8 Å². The molecule has 0 aromatic carbocycles.